The first-order valence-electron chi connectivity index (χ1n) is 5.21. The third-order valence-corrected chi connectivity index (χ3v) is 4.66. The van der Waals surface area contributed by atoms with Crippen molar-refractivity contribution in [3.63, 3.8) is 0 Å². The third-order valence-electron chi connectivity index (χ3n) is 2.99. The van der Waals surface area contributed by atoms with Crippen LogP contribution >= 0.6 is 11.8 Å². The molecule has 1 saturated heterocycles. The summed E-state index contributed by atoms with van der Waals surface area (Å²) in [6.45, 7) is 1.80. The molecule has 1 heterocycles. The zero-order chi connectivity index (χ0) is 9.15. The lowest BCUT2D eigenvalue weighted by atomic mass is 10.0. The minimum absolute atomic E-state index is 0.0714. The first kappa shape index (κ1) is 9.81. The molecule has 1 aliphatic carbocycles. The van der Waals surface area contributed by atoms with Crippen molar-refractivity contribution in [2.24, 2.45) is 0 Å². The molecule has 1 saturated carbocycles. The maximum absolute atomic E-state index is 9.27. The smallest absolute Gasteiger partial charge is 0.0858 e. The Hall–Kier alpha value is 0.270. The van der Waals surface area contributed by atoms with Gasteiger partial charge in [0.25, 0.3) is 0 Å². The molecule has 76 valence electrons. The van der Waals surface area contributed by atoms with Gasteiger partial charge in [0.2, 0.25) is 0 Å². The van der Waals surface area contributed by atoms with E-state index in [1.54, 1.807) is 0 Å². The maximum Gasteiger partial charge on any atom is 0.0858 e. The second kappa shape index (κ2) is 4.20. The standard InChI is InChI=1S/C10H18O2S/c11-6-10(7-12-8-10)13-9-4-2-1-3-5-9/h9,11H,1-8H2. The van der Waals surface area contributed by atoms with Gasteiger partial charge in [-0.3, -0.25) is 0 Å². The summed E-state index contributed by atoms with van der Waals surface area (Å²) >= 11 is 1.98. The summed E-state index contributed by atoms with van der Waals surface area (Å²) in [6, 6.07) is 0. The van der Waals surface area contributed by atoms with Gasteiger partial charge in [0.1, 0.15) is 0 Å². The third kappa shape index (κ3) is 2.20. The van der Waals surface area contributed by atoms with Crippen LogP contribution in [0.3, 0.4) is 0 Å². The lowest BCUT2D eigenvalue weighted by molar-refractivity contribution is -0.0322. The summed E-state index contributed by atoms with van der Waals surface area (Å²) < 4.78 is 5.26. The van der Waals surface area contributed by atoms with Crippen LogP contribution in [0.25, 0.3) is 0 Å². The fourth-order valence-corrected chi connectivity index (χ4v) is 3.72. The van der Waals surface area contributed by atoms with Gasteiger partial charge in [0.05, 0.1) is 24.6 Å². The fraction of sp³-hybridized carbons (Fsp3) is 1.00. The van der Waals surface area contributed by atoms with E-state index in [2.05, 4.69) is 0 Å². The molecule has 0 aromatic rings. The van der Waals surface area contributed by atoms with Crippen molar-refractivity contribution >= 4 is 11.8 Å². The van der Waals surface area contributed by atoms with Gasteiger partial charge in [-0.2, -0.15) is 0 Å². The topological polar surface area (TPSA) is 29.5 Å². The monoisotopic (exact) mass is 202 g/mol. The summed E-state index contributed by atoms with van der Waals surface area (Å²) in [6.07, 6.45) is 6.83. The molecule has 2 aliphatic rings. The van der Waals surface area contributed by atoms with Gasteiger partial charge < -0.3 is 9.84 Å². The van der Waals surface area contributed by atoms with Crippen LogP contribution in [0.15, 0.2) is 0 Å². The molecule has 0 atom stereocenters. The largest absolute Gasteiger partial charge is 0.395 e. The Kier molecular flexibility index (Phi) is 3.17. The van der Waals surface area contributed by atoms with Crippen LogP contribution in [-0.4, -0.2) is 34.9 Å². The molecule has 0 bridgehead atoms. The van der Waals surface area contributed by atoms with Crippen LogP contribution in [0, 0.1) is 0 Å². The predicted octanol–water partition coefficient (Wildman–Crippen LogP) is 1.81. The molecule has 0 unspecified atom stereocenters. The number of rotatable bonds is 3. The second-order valence-corrected chi connectivity index (χ2v) is 5.98. The van der Waals surface area contributed by atoms with E-state index in [1.807, 2.05) is 11.8 Å². The van der Waals surface area contributed by atoms with Gasteiger partial charge in [-0.25, -0.2) is 0 Å². The average molecular weight is 202 g/mol. The first-order chi connectivity index (χ1) is 6.35. The van der Waals surface area contributed by atoms with Crippen LogP contribution in [0.5, 0.6) is 0 Å². The predicted molar refractivity (Wildman–Crippen MR) is 55.1 cm³/mol. The number of hydrogen-bond donors (Lipinski definition) is 1. The van der Waals surface area contributed by atoms with Gasteiger partial charge >= 0.3 is 0 Å². The van der Waals surface area contributed by atoms with Gasteiger partial charge in [-0.15, -0.1) is 11.8 Å². The molecule has 2 nitrogen and oxygen atoms in total. The van der Waals surface area contributed by atoms with Crippen molar-refractivity contribution in [1.82, 2.24) is 0 Å². The highest BCUT2D eigenvalue weighted by Crippen LogP contribution is 2.40. The van der Waals surface area contributed by atoms with E-state index >= 15 is 0 Å². The number of aliphatic hydroxyl groups is 1. The summed E-state index contributed by atoms with van der Waals surface area (Å²) in [5, 5.41) is 10.0. The molecular weight excluding hydrogens is 184 g/mol. The molecule has 2 fully saturated rings. The van der Waals surface area contributed by atoms with Gasteiger partial charge in [0, 0.05) is 5.25 Å². The summed E-state index contributed by atoms with van der Waals surface area (Å²) in [4.78, 5) is 0. The van der Waals surface area contributed by atoms with E-state index in [0.717, 1.165) is 18.5 Å². The Labute approximate surface area is 84.0 Å². The highest BCUT2D eigenvalue weighted by molar-refractivity contribution is 8.01. The molecule has 3 heteroatoms. The molecule has 0 radical (unpaired) electrons. The lowest BCUT2D eigenvalue weighted by Crippen LogP contribution is -2.51. The molecule has 0 spiro atoms. The van der Waals surface area contributed by atoms with E-state index < -0.39 is 0 Å². The Morgan fingerprint density at radius 2 is 1.92 bits per heavy atom. The Morgan fingerprint density at radius 1 is 1.23 bits per heavy atom. The Morgan fingerprint density at radius 3 is 2.38 bits per heavy atom. The minimum atomic E-state index is 0.0714. The number of aliphatic hydroxyl groups excluding tert-OH is 1. The minimum Gasteiger partial charge on any atom is -0.395 e. The molecule has 1 N–H and O–H groups in total. The van der Waals surface area contributed by atoms with Crippen LogP contribution < -0.4 is 0 Å². The summed E-state index contributed by atoms with van der Waals surface area (Å²) in [5.41, 5.74) is 0. The first-order valence-corrected chi connectivity index (χ1v) is 6.09. The van der Waals surface area contributed by atoms with Crippen LogP contribution in [0.4, 0.5) is 0 Å². The molecule has 1 aliphatic heterocycles. The zero-order valence-corrected chi connectivity index (χ0v) is 8.81. The maximum atomic E-state index is 9.27. The van der Waals surface area contributed by atoms with E-state index in [0.29, 0.717) is 0 Å². The van der Waals surface area contributed by atoms with Crippen LogP contribution in [0.1, 0.15) is 32.1 Å². The van der Waals surface area contributed by atoms with Crippen molar-refractivity contribution in [2.75, 3.05) is 19.8 Å². The fourth-order valence-electron chi connectivity index (χ4n) is 2.06. The van der Waals surface area contributed by atoms with Crippen LogP contribution in [0.2, 0.25) is 0 Å². The molecule has 13 heavy (non-hydrogen) atoms. The number of thioether (sulfide) groups is 1. The van der Waals surface area contributed by atoms with Crippen molar-refractivity contribution in [3.05, 3.63) is 0 Å². The van der Waals surface area contributed by atoms with Crippen molar-refractivity contribution in [1.29, 1.82) is 0 Å². The SMILES string of the molecule is OCC1(SC2CCCCC2)COC1. The quantitative estimate of drug-likeness (QED) is 0.757. The number of ether oxygens (including phenoxy) is 1. The highest BCUT2D eigenvalue weighted by atomic mass is 32.2. The van der Waals surface area contributed by atoms with Gasteiger partial charge in [0.15, 0.2) is 0 Å². The molecule has 2 rings (SSSR count). The Bertz CT molecular complexity index is 157. The summed E-state index contributed by atoms with van der Waals surface area (Å²) in [7, 11) is 0. The van der Waals surface area contributed by atoms with Crippen molar-refractivity contribution in [3.8, 4) is 0 Å². The molecular formula is C10H18O2S. The van der Waals surface area contributed by atoms with E-state index in [4.69, 9.17) is 4.74 Å². The van der Waals surface area contributed by atoms with Crippen molar-refractivity contribution in [2.45, 2.75) is 42.1 Å². The van der Waals surface area contributed by atoms with Crippen molar-refractivity contribution < 1.29 is 9.84 Å². The van der Waals surface area contributed by atoms with Gasteiger partial charge in [-0.05, 0) is 12.8 Å². The van der Waals surface area contributed by atoms with E-state index in [9.17, 15) is 5.11 Å². The Balaban J connectivity index is 1.81. The van der Waals surface area contributed by atoms with E-state index in [1.165, 1.54) is 32.1 Å². The highest BCUT2D eigenvalue weighted by Gasteiger charge is 2.40. The average Bonchev–Trinajstić information content (AvgIpc) is 2.13. The van der Waals surface area contributed by atoms with Crippen LogP contribution in [-0.2, 0) is 4.74 Å². The second-order valence-electron chi connectivity index (χ2n) is 4.21. The molecule has 0 aromatic heterocycles. The zero-order valence-electron chi connectivity index (χ0n) is 8.00. The number of hydrogen-bond acceptors (Lipinski definition) is 3. The van der Waals surface area contributed by atoms with E-state index in [-0.39, 0.29) is 11.4 Å². The summed E-state index contributed by atoms with van der Waals surface area (Å²) in [5.74, 6) is 0. The normalized spacial score (nSPS) is 28.4. The molecule has 0 aromatic carbocycles. The molecule has 0 amide bonds. The van der Waals surface area contributed by atoms with Gasteiger partial charge in [-0.1, -0.05) is 19.3 Å². The lowest BCUT2D eigenvalue weighted by Gasteiger charge is -2.42.